The number of carbonyl (C=O) groups excluding carboxylic acids is 1. The van der Waals surface area contributed by atoms with Gasteiger partial charge in [-0.1, -0.05) is 0 Å². The van der Waals surface area contributed by atoms with Crippen molar-refractivity contribution in [2.75, 3.05) is 38.2 Å². The minimum atomic E-state index is -0.0620. The molecule has 0 aliphatic carbocycles. The molecule has 0 radical (unpaired) electrons. The van der Waals surface area contributed by atoms with Crippen molar-refractivity contribution in [2.45, 2.75) is 13.8 Å². The lowest BCUT2D eigenvalue weighted by atomic mass is 10.1. The summed E-state index contributed by atoms with van der Waals surface area (Å²) in [5.41, 5.74) is 5.75. The molecule has 104 valence electrons. The molecule has 1 amide bonds. The molecule has 0 aromatic heterocycles. The topological polar surface area (TPSA) is 53.6 Å². The van der Waals surface area contributed by atoms with E-state index < -0.39 is 0 Å². The van der Waals surface area contributed by atoms with E-state index >= 15 is 0 Å². The van der Waals surface area contributed by atoms with Crippen molar-refractivity contribution < 1.29 is 9.53 Å². The summed E-state index contributed by atoms with van der Waals surface area (Å²) in [7, 11) is 0. The summed E-state index contributed by atoms with van der Waals surface area (Å²) in [5, 5.41) is 5.17. The Balaban J connectivity index is 2.00. The lowest BCUT2D eigenvalue weighted by molar-refractivity contribution is 0.0126. The van der Waals surface area contributed by atoms with Crippen LogP contribution in [0.2, 0.25) is 0 Å². The van der Waals surface area contributed by atoms with Gasteiger partial charge in [0, 0.05) is 30.9 Å². The van der Waals surface area contributed by atoms with E-state index in [1.165, 1.54) is 0 Å². The first-order chi connectivity index (χ1) is 9.20. The monoisotopic (exact) mass is 263 g/mol. The number of hydrogen-bond acceptors (Lipinski definition) is 4. The lowest BCUT2D eigenvalue weighted by Gasteiger charge is -2.27. The van der Waals surface area contributed by atoms with Gasteiger partial charge in [-0.3, -0.25) is 10.2 Å². The quantitative estimate of drug-likeness (QED) is 0.862. The van der Waals surface area contributed by atoms with Gasteiger partial charge < -0.3 is 10.1 Å². The van der Waals surface area contributed by atoms with E-state index in [-0.39, 0.29) is 5.91 Å². The van der Waals surface area contributed by atoms with Crippen molar-refractivity contribution in [2.24, 2.45) is 0 Å². The van der Waals surface area contributed by atoms with E-state index in [2.05, 4.69) is 17.7 Å². The van der Waals surface area contributed by atoms with Crippen LogP contribution in [0, 0.1) is 6.92 Å². The molecule has 2 rings (SSSR count). The molecule has 0 spiro atoms. The summed E-state index contributed by atoms with van der Waals surface area (Å²) in [4.78, 5) is 12.1. The van der Waals surface area contributed by atoms with Crippen LogP contribution in [-0.4, -0.2) is 43.8 Å². The fraction of sp³-hybridized carbons (Fsp3) is 0.500. The molecule has 19 heavy (non-hydrogen) atoms. The highest BCUT2D eigenvalue weighted by molar-refractivity contribution is 5.94. The number of amides is 1. The SMILES string of the molecule is CCNc1ccc(C(=O)NN2CCOCC2)cc1C. The first-order valence-electron chi connectivity index (χ1n) is 6.69. The van der Waals surface area contributed by atoms with Crippen molar-refractivity contribution >= 4 is 11.6 Å². The molecule has 0 saturated carbocycles. The molecule has 1 aromatic rings. The van der Waals surface area contributed by atoms with Crippen molar-refractivity contribution in [3.8, 4) is 0 Å². The van der Waals surface area contributed by atoms with Crippen molar-refractivity contribution in [3.05, 3.63) is 29.3 Å². The first-order valence-corrected chi connectivity index (χ1v) is 6.69. The molecule has 5 nitrogen and oxygen atoms in total. The van der Waals surface area contributed by atoms with E-state index in [1.54, 1.807) is 0 Å². The van der Waals surface area contributed by atoms with Crippen LogP contribution in [0.5, 0.6) is 0 Å². The van der Waals surface area contributed by atoms with E-state index in [0.717, 1.165) is 30.9 Å². The molecule has 0 bridgehead atoms. The number of hydrogen-bond donors (Lipinski definition) is 2. The van der Waals surface area contributed by atoms with Crippen LogP contribution in [0.3, 0.4) is 0 Å². The largest absolute Gasteiger partial charge is 0.385 e. The number of aryl methyl sites for hydroxylation is 1. The van der Waals surface area contributed by atoms with Crippen LogP contribution in [0.15, 0.2) is 18.2 Å². The Morgan fingerprint density at radius 2 is 2.11 bits per heavy atom. The number of benzene rings is 1. The summed E-state index contributed by atoms with van der Waals surface area (Å²) < 4.78 is 5.25. The second-order valence-electron chi connectivity index (χ2n) is 4.60. The molecule has 5 heteroatoms. The molecular weight excluding hydrogens is 242 g/mol. The fourth-order valence-corrected chi connectivity index (χ4v) is 2.08. The molecule has 1 heterocycles. The Kier molecular flexibility index (Phi) is 4.76. The standard InChI is InChI=1S/C14H21N3O2/c1-3-15-13-5-4-12(10-11(13)2)14(18)16-17-6-8-19-9-7-17/h4-5,10,15H,3,6-9H2,1-2H3,(H,16,18). The number of rotatable bonds is 4. The van der Waals surface area contributed by atoms with Crippen molar-refractivity contribution in [1.29, 1.82) is 0 Å². The molecule has 1 aromatic carbocycles. The van der Waals surface area contributed by atoms with Gasteiger partial charge in [-0.2, -0.15) is 0 Å². The Bertz CT molecular complexity index is 442. The zero-order valence-corrected chi connectivity index (χ0v) is 11.5. The zero-order chi connectivity index (χ0) is 13.7. The van der Waals surface area contributed by atoms with Crippen LogP contribution in [0.25, 0.3) is 0 Å². The fourth-order valence-electron chi connectivity index (χ4n) is 2.08. The minimum absolute atomic E-state index is 0.0620. The number of anilines is 1. The second kappa shape index (κ2) is 6.54. The maximum Gasteiger partial charge on any atom is 0.265 e. The van der Waals surface area contributed by atoms with Crippen LogP contribution in [0.4, 0.5) is 5.69 Å². The third-order valence-corrected chi connectivity index (χ3v) is 3.13. The normalized spacial score (nSPS) is 16.1. The van der Waals surface area contributed by atoms with E-state index in [1.807, 2.05) is 30.1 Å². The van der Waals surface area contributed by atoms with Crippen LogP contribution < -0.4 is 10.7 Å². The third kappa shape index (κ3) is 3.68. The van der Waals surface area contributed by atoms with Gasteiger partial charge in [0.05, 0.1) is 13.2 Å². The predicted octanol–water partition coefficient (Wildman–Crippen LogP) is 1.40. The number of hydrazine groups is 1. The van der Waals surface area contributed by atoms with Gasteiger partial charge in [0.1, 0.15) is 0 Å². The number of carbonyl (C=O) groups is 1. The van der Waals surface area contributed by atoms with E-state index in [0.29, 0.717) is 18.8 Å². The number of morpholine rings is 1. The van der Waals surface area contributed by atoms with Gasteiger partial charge in [0.2, 0.25) is 0 Å². The number of nitrogens with zero attached hydrogens (tertiary/aromatic N) is 1. The molecule has 1 fully saturated rings. The highest BCUT2D eigenvalue weighted by Crippen LogP contribution is 2.16. The Morgan fingerprint density at radius 3 is 2.74 bits per heavy atom. The second-order valence-corrected chi connectivity index (χ2v) is 4.60. The average Bonchev–Trinajstić information content (AvgIpc) is 2.42. The molecule has 1 saturated heterocycles. The molecule has 1 aliphatic heterocycles. The van der Waals surface area contributed by atoms with Crippen molar-refractivity contribution in [1.82, 2.24) is 10.4 Å². The van der Waals surface area contributed by atoms with Crippen molar-refractivity contribution in [3.63, 3.8) is 0 Å². The molecule has 2 N–H and O–H groups in total. The van der Waals surface area contributed by atoms with Gasteiger partial charge in [-0.05, 0) is 37.6 Å². The van der Waals surface area contributed by atoms with Crippen LogP contribution >= 0.6 is 0 Å². The van der Waals surface area contributed by atoms with Gasteiger partial charge in [-0.15, -0.1) is 0 Å². The minimum Gasteiger partial charge on any atom is -0.385 e. The average molecular weight is 263 g/mol. The molecule has 1 aliphatic rings. The van der Waals surface area contributed by atoms with E-state index in [4.69, 9.17) is 4.74 Å². The Hall–Kier alpha value is -1.59. The summed E-state index contributed by atoms with van der Waals surface area (Å²) in [6.45, 7) is 7.74. The maximum atomic E-state index is 12.1. The summed E-state index contributed by atoms with van der Waals surface area (Å²) in [5.74, 6) is -0.0620. The van der Waals surface area contributed by atoms with Gasteiger partial charge in [0.25, 0.3) is 5.91 Å². The number of nitrogens with one attached hydrogen (secondary N) is 2. The van der Waals surface area contributed by atoms with Gasteiger partial charge in [0.15, 0.2) is 0 Å². The molecule has 0 unspecified atom stereocenters. The molecular formula is C14H21N3O2. The highest BCUT2D eigenvalue weighted by Gasteiger charge is 2.14. The molecule has 0 atom stereocenters. The third-order valence-electron chi connectivity index (χ3n) is 3.13. The summed E-state index contributed by atoms with van der Waals surface area (Å²) >= 11 is 0. The predicted molar refractivity (Wildman–Crippen MR) is 75.2 cm³/mol. The number of ether oxygens (including phenoxy) is 1. The highest BCUT2D eigenvalue weighted by atomic mass is 16.5. The van der Waals surface area contributed by atoms with E-state index in [9.17, 15) is 4.79 Å². The summed E-state index contributed by atoms with van der Waals surface area (Å²) in [6, 6.07) is 5.71. The zero-order valence-electron chi connectivity index (χ0n) is 11.5. The Labute approximate surface area is 113 Å². The smallest absolute Gasteiger partial charge is 0.265 e. The first kappa shape index (κ1) is 13.8. The lowest BCUT2D eigenvalue weighted by Crippen LogP contribution is -2.48. The summed E-state index contributed by atoms with van der Waals surface area (Å²) in [6.07, 6.45) is 0. The Morgan fingerprint density at radius 1 is 1.37 bits per heavy atom. The van der Waals surface area contributed by atoms with Gasteiger partial charge in [-0.25, -0.2) is 5.01 Å². The van der Waals surface area contributed by atoms with Gasteiger partial charge >= 0.3 is 0 Å². The maximum absolute atomic E-state index is 12.1. The van der Waals surface area contributed by atoms with Crippen LogP contribution in [0.1, 0.15) is 22.8 Å². The van der Waals surface area contributed by atoms with Crippen LogP contribution in [-0.2, 0) is 4.74 Å².